The Bertz CT molecular complexity index is 745. The molecule has 0 saturated heterocycles. The molecule has 0 aliphatic rings. The van der Waals surface area contributed by atoms with E-state index in [0.717, 1.165) is 0 Å². The van der Waals surface area contributed by atoms with E-state index < -0.39 is 5.91 Å². The summed E-state index contributed by atoms with van der Waals surface area (Å²) in [6.07, 6.45) is 0.819. The number of nitrogens with two attached hydrogens (primary N) is 1. The van der Waals surface area contributed by atoms with Crippen molar-refractivity contribution in [3.8, 4) is 5.75 Å². The van der Waals surface area contributed by atoms with Crippen LogP contribution in [0.5, 0.6) is 5.75 Å². The van der Waals surface area contributed by atoms with Gasteiger partial charge in [-0.2, -0.15) is 0 Å². The van der Waals surface area contributed by atoms with Crippen LogP contribution in [0.3, 0.4) is 0 Å². The van der Waals surface area contributed by atoms with Crippen LogP contribution in [-0.4, -0.2) is 30.9 Å². The zero-order valence-electron chi connectivity index (χ0n) is 14.2. The fourth-order valence-electron chi connectivity index (χ4n) is 2.15. The smallest absolute Gasteiger partial charge is 0.255 e. The van der Waals surface area contributed by atoms with E-state index in [0.29, 0.717) is 30.0 Å². The van der Waals surface area contributed by atoms with E-state index in [-0.39, 0.29) is 24.8 Å². The lowest BCUT2D eigenvalue weighted by Gasteiger charge is -2.08. The van der Waals surface area contributed by atoms with E-state index in [9.17, 15) is 14.4 Å². The number of amides is 3. The number of hydrogen-bond acceptors (Lipinski definition) is 4. The predicted octanol–water partition coefficient (Wildman–Crippen LogP) is 1.70. The second-order valence-corrected chi connectivity index (χ2v) is 5.55. The first-order valence-corrected chi connectivity index (χ1v) is 8.19. The number of hydrogen-bond donors (Lipinski definition) is 3. The summed E-state index contributed by atoms with van der Waals surface area (Å²) in [6, 6.07) is 15.5. The standard InChI is InChI=1S/C19H21N3O4/c20-17(23)13-26-16-10-8-15(9-11-16)22-18(24)7-4-12-21-19(25)14-5-2-1-3-6-14/h1-3,5-6,8-11H,4,7,12-13H2,(H2,20,23)(H,21,25)(H,22,24). The second-order valence-electron chi connectivity index (χ2n) is 5.55. The maximum atomic E-state index is 11.9. The zero-order valence-corrected chi connectivity index (χ0v) is 14.2. The van der Waals surface area contributed by atoms with Gasteiger partial charge in [-0.15, -0.1) is 0 Å². The summed E-state index contributed by atoms with van der Waals surface area (Å²) in [5.74, 6) is -0.366. The summed E-state index contributed by atoms with van der Waals surface area (Å²) in [5.41, 5.74) is 6.21. The third kappa shape index (κ3) is 6.64. The number of benzene rings is 2. The Morgan fingerprint density at radius 2 is 1.65 bits per heavy atom. The molecule has 0 fully saturated rings. The summed E-state index contributed by atoms with van der Waals surface area (Å²) in [4.78, 5) is 34.4. The van der Waals surface area contributed by atoms with Gasteiger partial charge in [0.1, 0.15) is 5.75 Å². The quantitative estimate of drug-likeness (QED) is 0.595. The Labute approximate surface area is 151 Å². The van der Waals surface area contributed by atoms with Crippen LogP contribution in [-0.2, 0) is 9.59 Å². The van der Waals surface area contributed by atoms with Crippen LogP contribution >= 0.6 is 0 Å². The molecule has 7 heteroatoms. The molecule has 3 amide bonds. The third-order valence-corrected chi connectivity index (χ3v) is 3.42. The molecule has 7 nitrogen and oxygen atoms in total. The second kappa shape index (κ2) is 9.83. The van der Waals surface area contributed by atoms with Gasteiger partial charge >= 0.3 is 0 Å². The van der Waals surface area contributed by atoms with E-state index >= 15 is 0 Å². The Hall–Kier alpha value is -3.35. The van der Waals surface area contributed by atoms with Crippen molar-refractivity contribution in [1.29, 1.82) is 0 Å². The first-order valence-electron chi connectivity index (χ1n) is 8.19. The maximum Gasteiger partial charge on any atom is 0.255 e. The van der Waals surface area contributed by atoms with Gasteiger partial charge in [0.2, 0.25) is 5.91 Å². The number of carbonyl (C=O) groups is 3. The lowest BCUT2D eigenvalue weighted by molar-refractivity contribution is -0.120. The molecule has 0 aliphatic heterocycles. The lowest BCUT2D eigenvalue weighted by atomic mass is 10.2. The first kappa shape index (κ1) is 19.0. The fraction of sp³-hybridized carbons (Fsp3) is 0.211. The van der Waals surface area contributed by atoms with Crippen molar-refractivity contribution in [2.75, 3.05) is 18.5 Å². The predicted molar refractivity (Wildman–Crippen MR) is 97.8 cm³/mol. The average molecular weight is 355 g/mol. The first-order chi connectivity index (χ1) is 12.5. The van der Waals surface area contributed by atoms with Gasteiger partial charge in [0.05, 0.1) is 0 Å². The molecule has 0 saturated carbocycles. The molecule has 0 bridgehead atoms. The largest absolute Gasteiger partial charge is 0.484 e. The molecule has 0 aliphatic carbocycles. The van der Waals surface area contributed by atoms with E-state index in [1.807, 2.05) is 6.07 Å². The number of nitrogens with one attached hydrogen (secondary N) is 2. The van der Waals surface area contributed by atoms with Crippen molar-refractivity contribution in [2.45, 2.75) is 12.8 Å². The zero-order chi connectivity index (χ0) is 18.8. The molecule has 0 radical (unpaired) electrons. The van der Waals surface area contributed by atoms with Gasteiger partial charge in [0.15, 0.2) is 6.61 Å². The van der Waals surface area contributed by atoms with E-state index in [4.69, 9.17) is 10.5 Å². The summed E-state index contributed by atoms with van der Waals surface area (Å²) in [7, 11) is 0. The molecule has 0 atom stereocenters. The van der Waals surface area contributed by atoms with Gasteiger partial charge in [0, 0.05) is 24.2 Å². The summed E-state index contributed by atoms with van der Waals surface area (Å²) < 4.78 is 5.14. The third-order valence-electron chi connectivity index (χ3n) is 3.42. The number of primary amides is 1. The van der Waals surface area contributed by atoms with Crippen LogP contribution in [0.15, 0.2) is 54.6 Å². The van der Waals surface area contributed by atoms with E-state index in [1.54, 1.807) is 48.5 Å². The molecule has 0 heterocycles. The topological polar surface area (TPSA) is 111 Å². The maximum absolute atomic E-state index is 11.9. The highest BCUT2D eigenvalue weighted by molar-refractivity contribution is 5.94. The molecule has 0 aromatic heterocycles. The molecule has 136 valence electrons. The minimum atomic E-state index is -0.554. The number of rotatable bonds is 9. The molecular formula is C19H21N3O4. The Morgan fingerprint density at radius 3 is 2.31 bits per heavy atom. The van der Waals surface area contributed by atoms with Gasteiger partial charge in [-0.05, 0) is 42.8 Å². The average Bonchev–Trinajstić information content (AvgIpc) is 2.65. The van der Waals surface area contributed by atoms with Gasteiger partial charge < -0.3 is 21.1 Å². The van der Waals surface area contributed by atoms with Crippen LogP contribution in [0, 0.1) is 0 Å². The van der Waals surface area contributed by atoms with Crippen molar-refractivity contribution in [1.82, 2.24) is 5.32 Å². The van der Waals surface area contributed by atoms with Gasteiger partial charge in [-0.3, -0.25) is 14.4 Å². The monoisotopic (exact) mass is 355 g/mol. The van der Waals surface area contributed by atoms with Crippen molar-refractivity contribution in [3.63, 3.8) is 0 Å². The van der Waals surface area contributed by atoms with E-state index in [1.165, 1.54) is 0 Å². The van der Waals surface area contributed by atoms with Crippen LogP contribution in [0.4, 0.5) is 5.69 Å². The highest BCUT2D eigenvalue weighted by Crippen LogP contribution is 2.15. The minimum absolute atomic E-state index is 0.148. The minimum Gasteiger partial charge on any atom is -0.484 e. The van der Waals surface area contributed by atoms with Crippen molar-refractivity contribution >= 4 is 23.4 Å². The Balaban J connectivity index is 1.67. The SMILES string of the molecule is NC(=O)COc1ccc(NC(=O)CCCNC(=O)c2ccccc2)cc1. The van der Waals surface area contributed by atoms with Crippen LogP contribution in [0.2, 0.25) is 0 Å². The normalized spacial score (nSPS) is 10.0. The van der Waals surface area contributed by atoms with Gasteiger partial charge in [-0.1, -0.05) is 18.2 Å². The summed E-state index contributed by atoms with van der Waals surface area (Å²) in [6.45, 7) is 0.224. The molecule has 4 N–H and O–H groups in total. The van der Waals surface area contributed by atoms with E-state index in [2.05, 4.69) is 10.6 Å². The fourth-order valence-corrected chi connectivity index (χ4v) is 2.15. The molecule has 2 aromatic rings. The van der Waals surface area contributed by atoms with Gasteiger partial charge in [0.25, 0.3) is 11.8 Å². The number of ether oxygens (including phenoxy) is 1. The van der Waals surface area contributed by atoms with Gasteiger partial charge in [-0.25, -0.2) is 0 Å². The Morgan fingerprint density at radius 1 is 0.962 bits per heavy atom. The van der Waals surface area contributed by atoms with Crippen molar-refractivity contribution in [3.05, 3.63) is 60.2 Å². The lowest BCUT2D eigenvalue weighted by Crippen LogP contribution is -2.25. The molecule has 0 spiro atoms. The van der Waals surface area contributed by atoms with Crippen molar-refractivity contribution < 1.29 is 19.1 Å². The summed E-state index contributed by atoms with van der Waals surface area (Å²) >= 11 is 0. The van der Waals surface area contributed by atoms with Crippen LogP contribution < -0.4 is 21.1 Å². The van der Waals surface area contributed by atoms with Crippen LogP contribution in [0.25, 0.3) is 0 Å². The van der Waals surface area contributed by atoms with Crippen LogP contribution in [0.1, 0.15) is 23.2 Å². The molecule has 26 heavy (non-hydrogen) atoms. The summed E-state index contributed by atoms with van der Waals surface area (Å²) in [5, 5.41) is 5.53. The number of carbonyl (C=O) groups excluding carboxylic acids is 3. The molecule has 0 unspecified atom stereocenters. The molecule has 2 rings (SSSR count). The highest BCUT2D eigenvalue weighted by Gasteiger charge is 2.06. The molecular weight excluding hydrogens is 334 g/mol. The highest BCUT2D eigenvalue weighted by atomic mass is 16.5. The van der Waals surface area contributed by atoms with Crippen molar-refractivity contribution in [2.24, 2.45) is 5.73 Å². The Kier molecular flexibility index (Phi) is 7.17. The molecule has 2 aromatic carbocycles. The number of anilines is 1.